The van der Waals surface area contributed by atoms with Gasteiger partial charge in [0.15, 0.2) is 0 Å². The molecule has 1 saturated heterocycles. The smallest absolute Gasteiger partial charge is 0.227 e. The van der Waals surface area contributed by atoms with Crippen molar-refractivity contribution < 1.29 is 14.3 Å². The summed E-state index contributed by atoms with van der Waals surface area (Å²) in [5, 5.41) is 3.20. The Morgan fingerprint density at radius 1 is 1.38 bits per heavy atom. The molecule has 1 fully saturated rings. The second kappa shape index (κ2) is 7.08. The van der Waals surface area contributed by atoms with Gasteiger partial charge in [0.1, 0.15) is 5.75 Å². The highest BCUT2D eigenvalue weighted by atomic mass is 16.5. The number of primary amides is 1. The van der Waals surface area contributed by atoms with Crippen molar-refractivity contribution in [2.75, 3.05) is 26.7 Å². The average Bonchev–Trinajstić information content (AvgIpc) is 2.47. The molecule has 1 aliphatic heterocycles. The molecule has 114 valence electrons. The molecular formula is C15H21N3O3. The first kappa shape index (κ1) is 15.3. The number of amides is 2. The van der Waals surface area contributed by atoms with Gasteiger partial charge < -0.3 is 20.7 Å². The standard InChI is InChI=1S/C15H21N3O3/c1-21-13-4-2-11(3-5-13)8-15(20)18-7-6-17-12(10-18)9-14(16)19/h2-5,12,17H,6-10H2,1H3,(H2,16,19). The summed E-state index contributed by atoms with van der Waals surface area (Å²) in [5.74, 6) is 0.489. The Morgan fingerprint density at radius 2 is 2.10 bits per heavy atom. The Balaban J connectivity index is 1.91. The van der Waals surface area contributed by atoms with Crippen LogP contribution < -0.4 is 15.8 Å². The van der Waals surface area contributed by atoms with Gasteiger partial charge in [0.05, 0.1) is 13.5 Å². The highest BCUT2D eigenvalue weighted by Crippen LogP contribution is 2.13. The first-order valence-electron chi connectivity index (χ1n) is 7.01. The molecule has 0 radical (unpaired) electrons. The molecule has 0 saturated carbocycles. The second-order valence-corrected chi connectivity index (χ2v) is 5.19. The Labute approximate surface area is 124 Å². The van der Waals surface area contributed by atoms with E-state index in [1.165, 1.54) is 0 Å². The van der Waals surface area contributed by atoms with Gasteiger partial charge in [0.25, 0.3) is 0 Å². The third-order valence-corrected chi connectivity index (χ3v) is 3.57. The van der Waals surface area contributed by atoms with E-state index in [0.29, 0.717) is 26.1 Å². The van der Waals surface area contributed by atoms with Crippen LogP contribution in [0.25, 0.3) is 0 Å². The molecule has 1 unspecified atom stereocenters. The predicted octanol–water partition coefficient (Wildman–Crippen LogP) is -0.0865. The molecule has 1 aromatic carbocycles. The zero-order valence-electron chi connectivity index (χ0n) is 12.2. The maximum absolute atomic E-state index is 12.3. The van der Waals surface area contributed by atoms with Crippen LogP contribution in [-0.2, 0) is 16.0 Å². The SMILES string of the molecule is COc1ccc(CC(=O)N2CCNC(CC(N)=O)C2)cc1. The van der Waals surface area contributed by atoms with Crippen molar-refractivity contribution in [1.82, 2.24) is 10.2 Å². The van der Waals surface area contributed by atoms with Crippen LogP contribution in [0.1, 0.15) is 12.0 Å². The lowest BCUT2D eigenvalue weighted by Crippen LogP contribution is -2.53. The topological polar surface area (TPSA) is 84.7 Å². The number of piperazine rings is 1. The largest absolute Gasteiger partial charge is 0.497 e. The van der Waals surface area contributed by atoms with Gasteiger partial charge in [-0.2, -0.15) is 0 Å². The fourth-order valence-electron chi connectivity index (χ4n) is 2.46. The van der Waals surface area contributed by atoms with Gasteiger partial charge in [0, 0.05) is 32.1 Å². The fourth-order valence-corrected chi connectivity index (χ4v) is 2.46. The minimum Gasteiger partial charge on any atom is -0.497 e. The molecule has 1 atom stereocenters. The molecule has 6 heteroatoms. The number of nitrogens with zero attached hydrogens (tertiary/aromatic N) is 1. The van der Waals surface area contributed by atoms with Gasteiger partial charge in [-0.05, 0) is 17.7 Å². The normalized spacial score (nSPS) is 18.3. The van der Waals surface area contributed by atoms with Gasteiger partial charge in [-0.25, -0.2) is 0 Å². The quantitative estimate of drug-likeness (QED) is 0.794. The van der Waals surface area contributed by atoms with Crippen molar-refractivity contribution in [3.8, 4) is 5.75 Å². The van der Waals surface area contributed by atoms with Crippen molar-refractivity contribution in [1.29, 1.82) is 0 Å². The minimum absolute atomic E-state index is 0.0453. The summed E-state index contributed by atoms with van der Waals surface area (Å²) < 4.78 is 5.09. The predicted molar refractivity (Wildman–Crippen MR) is 78.9 cm³/mol. The fraction of sp³-hybridized carbons (Fsp3) is 0.467. The molecule has 3 N–H and O–H groups in total. The molecule has 6 nitrogen and oxygen atoms in total. The lowest BCUT2D eigenvalue weighted by Gasteiger charge is -2.33. The summed E-state index contributed by atoms with van der Waals surface area (Å²) in [6, 6.07) is 7.42. The third kappa shape index (κ3) is 4.46. The Hall–Kier alpha value is -2.08. The van der Waals surface area contributed by atoms with Crippen LogP contribution in [0.3, 0.4) is 0 Å². The van der Waals surface area contributed by atoms with Crippen LogP contribution in [0, 0.1) is 0 Å². The number of hydrogen-bond donors (Lipinski definition) is 2. The summed E-state index contributed by atoms with van der Waals surface area (Å²) in [5.41, 5.74) is 6.15. The number of carbonyl (C=O) groups excluding carboxylic acids is 2. The highest BCUT2D eigenvalue weighted by Gasteiger charge is 2.24. The number of methoxy groups -OCH3 is 1. The first-order chi connectivity index (χ1) is 10.1. The summed E-state index contributed by atoms with van der Waals surface area (Å²) in [4.78, 5) is 25.1. The minimum atomic E-state index is -0.350. The molecule has 1 heterocycles. The molecule has 0 bridgehead atoms. The van der Waals surface area contributed by atoms with Crippen molar-refractivity contribution >= 4 is 11.8 Å². The van der Waals surface area contributed by atoms with Gasteiger partial charge in [0.2, 0.25) is 11.8 Å². The molecule has 2 amide bonds. The Kier molecular flexibility index (Phi) is 5.16. The Bertz CT molecular complexity index is 501. The van der Waals surface area contributed by atoms with Gasteiger partial charge in [-0.15, -0.1) is 0 Å². The summed E-state index contributed by atoms with van der Waals surface area (Å²) in [6.45, 7) is 1.87. The van der Waals surface area contributed by atoms with Crippen LogP contribution >= 0.6 is 0 Å². The van der Waals surface area contributed by atoms with Gasteiger partial charge in [-0.3, -0.25) is 9.59 Å². The van der Waals surface area contributed by atoms with E-state index < -0.39 is 0 Å². The van der Waals surface area contributed by atoms with E-state index in [2.05, 4.69) is 5.32 Å². The summed E-state index contributed by atoms with van der Waals surface area (Å²) >= 11 is 0. The maximum Gasteiger partial charge on any atom is 0.227 e. The lowest BCUT2D eigenvalue weighted by molar-refractivity contribution is -0.132. The molecule has 2 rings (SSSR count). The molecule has 0 aromatic heterocycles. The maximum atomic E-state index is 12.3. The number of nitrogens with one attached hydrogen (secondary N) is 1. The Morgan fingerprint density at radius 3 is 2.71 bits per heavy atom. The lowest BCUT2D eigenvalue weighted by atomic mass is 10.1. The number of ether oxygens (including phenoxy) is 1. The van der Waals surface area contributed by atoms with E-state index in [1.54, 1.807) is 12.0 Å². The number of carbonyl (C=O) groups is 2. The number of benzene rings is 1. The van der Waals surface area contributed by atoms with E-state index in [-0.39, 0.29) is 24.3 Å². The summed E-state index contributed by atoms with van der Waals surface area (Å²) in [6.07, 6.45) is 0.611. The highest BCUT2D eigenvalue weighted by molar-refractivity contribution is 5.79. The van der Waals surface area contributed by atoms with E-state index >= 15 is 0 Å². The van der Waals surface area contributed by atoms with E-state index in [0.717, 1.165) is 11.3 Å². The number of nitrogens with two attached hydrogens (primary N) is 1. The zero-order valence-corrected chi connectivity index (χ0v) is 12.2. The molecular weight excluding hydrogens is 270 g/mol. The first-order valence-corrected chi connectivity index (χ1v) is 7.01. The van der Waals surface area contributed by atoms with Crippen LogP contribution in [0.15, 0.2) is 24.3 Å². The van der Waals surface area contributed by atoms with Crippen molar-refractivity contribution in [2.24, 2.45) is 5.73 Å². The average molecular weight is 291 g/mol. The van der Waals surface area contributed by atoms with Gasteiger partial charge in [-0.1, -0.05) is 12.1 Å². The second-order valence-electron chi connectivity index (χ2n) is 5.19. The number of rotatable bonds is 5. The van der Waals surface area contributed by atoms with E-state index in [1.807, 2.05) is 24.3 Å². The molecule has 0 aliphatic carbocycles. The van der Waals surface area contributed by atoms with Gasteiger partial charge >= 0.3 is 0 Å². The van der Waals surface area contributed by atoms with Crippen molar-refractivity contribution in [3.05, 3.63) is 29.8 Å². The molecule has 1 aliphatic rings. The van der Waals surface area contributed by atoms with E-state index in [4.69, 9.17) is 10.5 Å². The summed E-state index contributed by atoms with van der Waals surface area (Å²) in [7, 11) is 1.61. The van der Waals surface area contributed by atoms with Crippen LogP contribution in [0.2, 0.25) is 0 Å². The monoisotopic (exact) mass is 291 g/mol. The van der Waals surface area contributed by atoms with Crippen LogP contribution in [0.5, 0.6) is 5.75 Å². The molecule has 21 heavy (non-hydrogen) atoms. The van der Waals surface area contributed by atoms with Crippen molar-refractivity contribution in [2.45, 2.75) is 18.9 Å². The zero-order chi connectivity index (χ0) is 15.2. The van der Waals surface area contributed by atoms with Crippen molar-refractivity contribution in [3.63, 3.8) is 0 Å². The van der Waals surface area contributed by atoms with Crippen LogP contribution in [-0.4, -0.2) is 49.5 Å². The van der Waals surface area contributed by atoms with Crippen LogP contribution in [0.4, 0.5) is 0 Å². The van der Waals surface area contributed by atoms with E-state index in [9.17, 15) is 9.59 Å². The third-order valence-electron chi connectivity index (χ3n) is 3.57. The molecule has 0 spiro atoms. The molecule has 1 aromatic rings. The number of hydrogen-bond acceptors (Lipinski definition) is 4.